The molecule has 1 saturated carbocycles. The van der Waals surface area contributed by atoms with Crippen LogP contribution in [0.5, 0.6) is 0 Å². The van der Waals surface area contributed by atoms with Crippen LogP contribution in [0.4, 0.5) is 9.18 Å². The fourth-order valence-corrected chi connectivity index (χ4v) is 5.21. The molecule has 39 heavy (non-hydrogen) atoms. The van der Waals surface area contributed by atoms with Gasteiger partial charge in [0.05, 0.1) is 12.0 Å². The number of aliphatic hydroxyl groups excluding tert-OH is 1. The first-order valence-electron chi connectivity index (χ1n) is 12.9. The van der Waals surface area contributed by atoms with Crippen molar-refractivity contribution >= 4 is 23.7 Å². The molecule has 0 bridgehead atoms. The predicted molar refractivity (Wildman–Crippen MR) is 148 cm³/mol. The third kappa shape index (κ3) is 6.97. The molecule has 0 saturated heterocycles. The summed E-state index contributed by atoms with van der Waals surface area (Å²) in [6.07, 6.45) is -0.185. The highest BCUT2D eigenvalue weighted by molar-refractivity contribution is 6.30. The number of benzene rings is 3. The molecule has 1 fully saturated rings. The number of nitrogens with one attached hydrogen (secondary N) is 1. The molecule has 206 valence electrons. The first-order chi connectivity index (χ1) is 18.5. The van der Waals surface area contributed by atoms with Crippen molar-refractivity contribution in [2.45, 2.75) is 57.8 Å². The Morgan fingerprint density at radius 2 is 1.74 bits per heavy atom. The molecule has 6 nitrogen and oxygen atoms in total. The van der Waals surface area contributed by atoms with Crippen LogP contribution in [-0.2, 0) is 20.9 Å². The number of rotatable bonds is 7. The lowest BCUT2D eigenvalue weighted by Crippen LogP contribution is -2.41. The molecule has 4 rings (SSSR count). The average molecular weight is 554 g/mol. The molecule has 0 aromatic heterocycles. The Bertz CT molecular complexity index is 1310. The lowest BCUT2D eigenvalue weighted by atomic mass is 9.84. The maximum atomic E-state index is 14.4. The Labute approximate surface area is 233 Å². The van der Waals surface area contributed by atoms with Crippen molar-refractivity contribution in [3.63, 3.8) is 0 Å². The monoisotopic (exact) mass is 553 g/mol. The predicted octanol–water partition coefficient (Wildman–Crippen LogP) is 6.64. The molecule has 1 amide bonds. The van der Waals surface area contributed by atoms with Crippen molar-refractivity contribution in [3.05, 3.63) is 94.8 Å². The Kier molecular flexibility index (Phi) is 8.62. The van der Waals surface area contributed by atoms with Crippen LogP contribution in [0.1, 0.15) is 50.7 Å². The Morgan fingerprint density at radius 1 is 1.05 bits per heavy atom. The van der Waals surface area contributed by atoms with E-state index in [-0.39, 0.29) is 25.4 Å². The minimum absolute atomic E-state index is 0.0795. The first-order valence-corrected chi connectivity index (χ1v) is 13.2. The van der Waals surface area contributed by atoms with Crippen molar-refractivity contribution in [2.24, 2.45) is 5.41 Å². The molecule has 8 heteroatoms. The molecular formula is C31H33ClFNO5. The molecule has 0 heterocycles. The molecule has 1 aliphatic carbocycles. The van der Waals surface area contributed by atoms with E-state index in [1.54, 1.807) is 39.0 Å². The van der Waals surface area contributed by atoms with Gasteiger partial charge in [-0.25, -0.2) is 9.18 Å². The highest BCUT2D eigenvalue weighted by Gasteiger charge is 2.52. The number of alkyl carbamates (subject to hydrolysis) is 1. The van der Waals surface area contributed by atoms with Gasteiger partial charge in [-0.1, -0.05) is 66.2 Å². The largest absolute Gasteiger partial charge is 0.460 e. The summed E-state index contributed by atoms with van der Waals surface area (Å²) in [6.45, 7) is 4.95. The zero-order valence-corrected chi connectivity index (χ0v) is 23.0. The molecule has 2 N–H and O–H groups in total. The van der Waals surface area contributed by atoms with Crippen molar-refractivity contribution in [1.29, 1.82) is 0 Å². The number of carbonyl (C=O) groups is 2. The van der Waals surface area contributed by atoms with Crippen LogP contribution in [-0.4, -0.2) is 35.4 Å². The van der Waals surface area contributed by atoms with Crippen LogP contribution in [0.2, 0.25) is 5.02 Å². The standard InChI is InChI=1S/C31H33ClFNO5/c1-30(2,3)39-29(37)34-27-17-31(19-35,28(36)38-18-20-7-5-4-6-8-20)16-25(27)22-11-9-21(10-12-22)24-15-23(32)13-14-26(24)33/h4-15,25,27,35H,16-19H2,1-3H3,(H,34,37)/t25?,27-,31-/m0/s1. The lowest BCUT2D eigenvalue weighted by Gasteiger charge is -2.25. The Morgan fingerprint density at radius 3 is 2.38 bits per heavy atom. The number of hydrogen-bond donors (Lipinski definition) is 2. The third-order valence-corrected chi connectivity index (χ3v) is 7.17. The maximum Gasteiger partial charge on any atom is 0.407 e. The molecule has 1 unspecified atom stereocenters. The summed E-state index contributed by atoms with van der Waals surface area (Å²) in [5.41, 5.74) is 0.761. The van der Waals surface area contributed by atoms with Crippen LogP contribution in [0.15, 0.2) is 72.8 Å². The molecule has 0 aliphatic heterocycles. The summed E-state index contributed by atoms with van der Waals surface area (Å²) in [5.74, 6) is -1.24. The second-order valence-corrected chi connectivity index (χ2v) is 11.5. The third-order valence-electron chi connectivity index (χ3n) is 6.94. The van der Waals surface area contributed by atoms with Gasteiger partial charge in [0.15, 0.2) is 0 Å². The second kappa shape index (κ2) is 11.8. The Balaban J connectivity index is 1.60. The van der Waals surface area contributed by atoms with Crippen LogP contribution < -0.4 is 5.32 Å². The van der Waals surface area contributed by atoms with Crippen molar-refractivity contribution in [3.8, 4) is 11.1 Å². The number of amides is 1. The molecule has 0 spiro atoms. The Hall–Kier alpha value is -3.42. The van der Waals surface area contributed by atoms with E-state index in [9.17, 15) is 19.1 Å². The highest BCUT2D eigenvalue weighted by Crippen LogP contribution is 2.48. The van der Waals surface area contributed by atoms with Crippen LogP contribution in [0.3, 0.4) is 0 Å². The van der Waals surface area contributed by atoms with E-state index in [1.807, 2.05) is 42.5 Å². The van der Waals surface area contributed by atoms with E-state index in [2.05, 4.69) is 5.32 Å². The summed E-state index contributed by atoms with van der Waals surface area (Å²) in [4.78, 5) is 26.1. The maximum absolute atomic E-state index is 14.4. The second-order valence-electron chi connectivity index (χ2n) is 11.0. The van der Waals surface area contributed by atoms with E-state index >= 15 is 0 Å². The van der Waals surface area contributed by atoms with Gasteiger partial charge < -0.3 is 19.9 Å². The zero-order valence-electron chi connectivity index (χ0n) is 22.2. The molecule has 1 aliphatic rings. The van der Waals surface area contributed by atoms with Gasteiger partial charge in [0.25, 0.3) is 0 Å². The van der Waals surface area contributed by atoms with Crippen LogP contribution in [0, 0.1) is 11.2 Å². The van der Waals surface area contributed by atoms with Gasteiger partial charge in [0.1, 0.15) is 18.0 Å². The quantitative estimate of drug-likeness (QED) is 0.320. The number of aliphatic hydroxyl groups is 1. The van der Waals surface area contributed by atoms with Gasteiger partial charge in [-0.3, -0.25) is 4.79 Å². The number of carbonyl (C=O) groups excluding carboxylic acids is 2. The van der Waals surface area contributed by atoms with E-state index < -0.39 is 41.5 Å². The van der Waals surface area contributed by atoms with E-state index in [1.165, 1.54) is 12.1 Å². The van der Waals surface area contributed by atoms with E-state index in [0.717, 1.165) is 11.1 Å². The minimum atomic E-state index is -1.21. The van der Waals surface area contributed by atoms with Crippen LogP contribution >= 0.6 is 11.6 Å². The van der Waals surface area contributed by atoms with Crippen molar-refractivity contribution in [1.82, 2.24) is 5.32 Å². The normalized spacial score (nSPS) is 20.9. The van der Waals surface area contributed by atoms with Crippen LogP contribution in [0.25, 0.3) is 11.1 Å². The van der Waals surface area contributed by atoms with Gasteiger partial charge in [-0.2, -0.15) is 0 Å². The van der Waals surface area contributed by atoms with Gasteiger partial charge in [0.2, 0.25) is 0 Å². The molecule has 3 aromatic rings. The topological polar surface area (TPSA) is 84.9 Å². The summed E-state index contributed by atoms with van der Waals surface area (Å²) < 4.78 is 25.5. The zero-order chi connectivity index (χ0) is 28.2. The summed E-state index contributed by atoms with van der Waals surface area (Å²) in [5, 5.41) is 13.8. The summed E-state index contributed by atoms with van der Waals surface area (Å²) in [7, 11) is 0. The summed E-state index contributed by atoms with van der Waals surface area (Å²) >= 11 is 6.07. The molecular weight excluding hydrogens is 521 g/mol. The number of ether oxygens (including phenoxy) is 2. The first kappa shape index (κ1) is 28.6. The smallest absolute Gasteiger partial charge is 0.407 e. The van der Waals surface area contributed by atoms with Gasteiger partial charge in [-0.15, -0.1) is 0 Å². The SMILES string of the molecule is CC(C)(C)OC(=O)N[C@H]1C[C@@](CO)(C(=O)OCc2ccccc2)CC1c1ccc(-c2cc(Cl)ccc2F)cc1. The molecule has 3 aromatic carbocycles. The number of esters is 1. The minimum Gasteiger partial charge on any atom is -0.460 e. The van der Waals surface area contributed by atoms with Gasteiger partial charge in [0, 0.05) is 22.5 Å². The fraction of sp³-hybridized carbons (Fsp3) is 0.355. The fourth-order valence-electron chi connectivity index (χ4n) is 5.04. The highest BCUT2D eigenvalue weighted by atomic mass is 35.5. The van der Waals surface area contributed by atoms with Crippen molar-refractivity contribution in [2.75, 3.05) is 6.61 Å². The van der Waals surface area contributed by atoms with E-state index in [0.29, 0.717) is 16.1 Å². The van der Waals surface area contributed by atoms with Gasteiger partial charge in [-0.05, 0) is 68.5 Å². The number of halogens is 2. The van der Waals surface area contributed by atoms with Crippen molar-refractivity contribution < 1.29 is 28.6 Å². The number of hydrogen-bond acceptors (Lipinski definition) is 5. The lowest BCUT2D eigenvalue weighted by molar-refractivity contribution is -0.159. The molecule has 0 radical (unpaired) electrons. The average Bonchev–Trinajstić information content (AvgIpc) is 3.27. The van der Waals surface area contributed by atoms with E-state index in [4.69, 9.17) is 21.1 Å². The molecule has 3 atom stereocenters. The summed E-state index contributed by atoms with van der Waals surface area (Å²) in [6, 6.07) is 20.4. The van der Waals surface area contributed by atoms with Gasteiger partial charge >= 0.3 is 12.1 Å².